The van der Waals surface area contributed by atoms with Crippen LogP contribution >= 0.6 is 0 Å². The molecule has 1 aliphatic heterocycles. The van der Waals surface area contributed by atoms with Crippen LogP contribution in [0.2, 0.25) is 0 Å². The van der Waals surface area contributed by atoms with Crippen LogP contribution in [0.1, 0.15) is 18.1 Å². The topological polar surface area (TPSA) is 48.6 Å². The Labute approximate surface area is 157 Å². The number of nitrogens with zero attached hydrogens (tertiary/aromatic N) is 3. The Morgan fingerprint density at radius 1 is 1.11 bits per heavy atom. The fourth-order valence-electron chi connectivity index (χ4n) is 3.39. The van der Waals surface area contributed by atoms with E-state index in [0.717, 1.165) is 41.2 Å². The van der Waals surface area contributed by atoms with Gasteiger partial charge in [-0.1, -0.05) is 12.1 Å². The molecule has 0 radical (unpaired) electrons. The number of ether oxygens (including phenoxy) is 2. The molecule has 0 unspecified atom stereocenters. The molecule has 2 aromatic carbocycles. The molecular formula is C21H20FN3O2. The molecule has 0 saturated heterocycles. The molecule has 6 heteroatoms. The number of aromatic nitrogens is 2. The smallest absolute Gasteiger partial charge is 0.230 e. The molecular weight excluding hydrogens is 345 g/mol. The van der Waals surface area contributed by atoms with Crippen molar-refractivity contribution in [3.63, 3.8) is 0 Å². The number of aryl methyl sites for hydroxylation is 1. The first-order chi connectivity index (χ1) is 13.1. The van der Waals surface area contributed by atoms with E-state index in [2.05, 4.69) is 14.5 Å². The van der Waals surface area contributed by atoms with Gasteiger partial charge in [-0.3, -0.25) is 0 Å². The van der Waals surface area contributed by atoms with E-state index >= 15 is 0 Å². The summed E-state index contributed by atoms with van der Waals surface area (Å²) in [6, 6.07) is 10.3. The second-order valence-corrected chi connectivity index (χ2v) is 6.41. The first kappa shape index (κ1) is 17.3. The number of benzene rings is 2. The first-order valence-corrected chi connectivity index (χ1v) is 8.72. The molecule has 5 nitrogen and oxygen atoms in total. The van der Waals surface area contributed by atoms with Crippen LogP contribution in [-0.2, 0) is 13.0 Å². The molecule has 0 fully saturated rings. The monoisotopic (exact) mass is 365 g/mol. The van der Waals surface area contributed by atoms with Gasteiger partial charge in [-0.2, -0.15) is 0 Å². The molecule has 0 saturated carbocycles. The molecule has 0 atom stereocenters. The van der Waals surface area contributed by atoms with E-state index in [-0.39, 0.29) is 5.82 Å². The fraction of sp³-hybridized carbons (Fsp3) is 0.238. The van der Waals surface area contributed by atoms with Crippen LogP contribution < -0.4 is 9.47 Å². The molecule has 0 amide bonds. The normalized spacial score (nSPS) is 13.1. The number of hydrogen-bond donors (Lipinski definition) is 0. The van der Waals surface area contributed by atoms with Crippen molar-refractivity contribution >= 4 is 11.7 Å². The van der Waals surface area contributed by atoms with Crippen molar-refractivity contribution in [2.24, 2.45) is 4.99 Å². The van der Waals surface area contributed by atoms with Crippen molar-refractivity contribution in [2.75, 3.05) is 14.2 Å². The van der Waals surface area contributed by atoms with E-state index in [1.54, 1.807) is 26.4 Å². The van der Waals surface area contributed by atoms with Gasteiger partial charge in [0.15, 0.2) is 11.5 Å². The average molecular weight is 365 g/mol. The van der Waals surface area contributed by atoms with E-state index in [9.17, 15) is 4.39 Å². The molecule has 1 aromatic heterocycles. The molecule has 0 N–H and O–H groups in total. The Bertz CT molecular complexity index is 1020. The lowest BCUT2D eigenvalue weighted by molar-refractivity contribution is 0.354. The maximum absolute atomic E-state index is 13.1. The van der Waals surface area contributed by atoms with Crippen LogP contribution in [0.3, 0.4) is 0 Å². The van der Waals surface area contributed by atoms with Crippen molar-refractivity contribution < 1.29 is 13.9 Å². The van der Waals surface area contributed by atoms with Crippen LogP contribution in [0.25, 0.3) is 11.3 Å². The summed E-state index contributed by atoms with van der Waals surface area (Å²) in [4.78, 5) is 9.18. The molecule has 138 valence electrons. The number of halogens is 1. The van der Waals surface area contributed by atoms with Crippen molar-refractivity contribution in [1.82, 2.24) is 9.55 Å². The number of methoxy groups -OCH3 is 2. The van der Waals surface area contributed by atoms with Crippen molar-refractivity contribution in [3.05, 3.63) is 59.5 Å². The number of hydrogen-bond acceptors (Lipinski definition) is 4. The highest BCUT2D eigenvalue weighted by Crippen LogP contribution is 2.39. The van der Waals surface area contributed by atoms with E-state index in [0.29, 0.717) is 11.7 Å². The zero-order valence-corrected chi connectivity index (χ0v) is 15.5. The summed E-state index contributed by atoms with van der Waals surface area (Å²) in [5.41, 5.74) is 4.94. The largest absolute Gasteiger partial charge is 0.493 e. The summed E-state index contributed by atoms with van der Waals surface area (Å²) in [6.45, 7) is 2.69. The third-order valence-corrected chi connectivity index (χ3v) is 4.85. The molecule has 0 aliphatic carbocycles. The summed E-state index contributed by atoms with van der Waals surface area (Å²) in [5, 5.41) is 0. The Morgan fingerprint density at radius 3 is 2.52 bits per heavy atom. The standard InChI is InChI=1S/C21H20FN3O2/c1-13(14-4-6-16(22)7-5-14)24-21-23-12-18-17-11-20(27-3)19(26-2)10-15(17)8-9-25(18)21/h4-7,10-12H,8-9H2,1-3H3/b24-13+. The van der Waals surface area contributed by atoms with Gasteiger partial charge >= 0.3 is 0 Å². The molecule has 3 aromatic rings. The molecule has 0 bridgehead atoms. The minimum atomic E-state index is -0.259. The van der Waals surface area contributed by atoms with E-state index in [4.69, 9.17) is 9.47 Å². The summed E-state index contributed by atoms with van der Waals surface area (Å²) in [5.74, 6) is 1.81. The lowest BCUT2D eigenvalue weighted by Crippen LogP contribution is -2.11. The summed E-state index contributed by atoms with van der Waals surface area (Å²) in [6.07, 6.45) is 2.69. The first-order valence-electron chi connectivity index (χ1n) is 8.72. The lowest BCUT2D eigenvalue weighted by atomic mass is 9.98. The molecule has 2 heterocycles. The number of imidazole rings is 1. The maximum atomic E-state index is 13.1. The average Bonchev–Trinajstić information content (AvgIpc) is 3.10. The quantitative estimate of drug-likeness (QED) is 0.644. The van der Waals surface area contributed by atoms with Crippen LogP contribution in [0.15, 0.2) is 47.6 Å². The Kier molecular flexibility index (Phi) is 4.39. The highest BCUT2D eigenvalue weighted by Gasteiger charge is 2.22. The lowest BCUT2D eigenvalue weighted by Gasteiger charge is -2.21. The fourth-order valence-corrected chi connectivity index (χ4v) is 3.39. The van der Waals surface area contributed by atoms with Crippen molar-refractivity contribution in [2.45, 2.75) is 19.9 Å². The zero-order chi connectivity index (χ0) is 19.0. The highest BCUT2D eigenvalue weighted by atomic mass is 19.1. The predicted molar refractivity (Wildman–Crippen MR) is 103 cm³/mol. The van der Waals surface area contributed by atoms with Gasteiger partial charge in [-0.05, 0) is 48.7 Å². The van der Waals surface area contributed by atoms with Crippen LogP contribution in [0.5, 0.6) is 11.5 Å². The second kappa shape index (κ2) is 6.87. The van der Waals surface area contributed by atoms with Crippen LogP contribution in [-0.4, -0.2) is 29.5 Å². The SMILES string of the molecule is COc1cc2c(cc1OC)-c1cnc(/N=C(\C)c3ccc(F)cc3)n1CC2. The van der Waals surface area contributed by atoms with E-state index in [1.165, 1.54) is 17.7 Å². The Balaban J connectivity index is 1.74. The van der Waals surface area contributed by atoms with Gasteiger partial charge in [0, 0.05) is 17.8 Å². The maximum Gasteiger partial charge on any atom is 0.230 e. The Morgan fingerprint density at radius 2 is 1.81 bits per heavy atom. The minimum absolute atomic E-state index is 0.259. The predicted octanol–water partition coefficient (Wildman–Crippen LogP) is 4.40. The molecule has 4 rings (SSSR count). The number of aliphatic imine (C=N–C) groups is 1. The van der Waals surface area contributed by atoms with Gasteiger partial charge in [0.05, 0.1) is 26.1 Å². The van der Waals surface area contributed by atoms with E-state index < -0.39 is 0 Å². The summed E-state index contributed by atoms with van der Waals surface area (Å²) < 4.78 is 26.1. The molecule has 27 heavy (non-hydrogen) atoms. The van der Waals surface area contributed by atoms with Crippen LogP contribution in [0, 0.1) is 5.82 Å². The minimum Gasteiger partial charge on any atom is -0.493 e. The Hall–Kier alpha value is -3.15. The van der Waals surface area contributed by atoms with Crippen molar-refractivity contribution in [1.29, 1.82) is 0 Å². The molecule has 1 aliphatic rings. The molecule has 0 spiro atoms. The highest BCUT2D eigenvalue weighted by molar-refractivity contribution is 5.99. The number of fused-ring (bicyclic) bond motifs is 3. The third kappa shape index (κ3) is 3.07. The van der Waals surface area contributed by atoms with Gasteiger partial charge in [0.1, 0.15) is 5.82 Å². The van der Waals surface area contributed by atoms with Gasteiger partial charge < -0.3 is 14.0 Å². The van der Waals surface area contributed by atoms with Gasteiger partial charge in [-0.25, -0.2) is 14.4 Å². The van der Waals surface area contributed by atoms with Gasteiger partial charge in [0.2, 0.25) is 5.95 Å². The third-order valence-electron chi connectivity index (χ3n) is 4.85. The number of rotatable bonds is 4. The van der Waals surface area contributed by atoms with Gasteiger partial charge in [-0.15, -0.1) is 0 Å². The summed E-state index contributed by atoms with van der Waals surface area (Å²) in [7, 11) is 3.27. The van der Waals surface area contributed by atoms with E-state index in [1.807, 2.05) is 25.3 Å². The van der Waals surface area contributed by atoms with Crippen LogP contribution in [0.4, 0.5) is 10.3 Å². The zero-order valence-electron chi connectivity index (χ0n) is 15.5. The second-order valence-electron chi connectivity index (χ2n) is 6.41. The van der Waals surface area contributed by atoms with Crippen molar-refractivity contribution in [3.8, 4) is 22.8 Å². The summed E-state index contributed by atoms with van der Waals surface area (Å²) >= 11 is 0. The van der Waals surface area contributed by atoms with Gasteiger partial charge in [0.25, 0.3) is 0 Å².